The van der Waals surface area contributed by atoms with Crippen molar-refractivity contribution in [1.82, 2.24) is 10.2 Å². The van der Waals surface area contributed by atoms with Gasteiger partial charge in [-0.1, -0.05) is 13.8 Å². The van der Waals surface area contributed by atoms with Crippen molar-refractivity contribution in [1.29, 1.82) is 0 Å². The molecule has 4 nitrogen and oxygen atoms in total. The minimum absolute atomic E-state index is 0.00815. The van der Waals surface area contributed by atoms with Crippen molar-refractivity contribution < 1.29 is 9.59 Å². The van der Waals surface area contributed by atoms with Gasteiger partial charge in [-0.25, -0.2) is 0 Å². The van der Waals surface area contributed by atoms with Crippen LogP contribution in [0.1, 0.15) is 52.9 Å². The zero-order chi connectivity index (χ0) is 12.7. The average molecular weight is 238 g/mol. The lowest BCUT2D eigenvalue weighted by Gasteiger charge is -2.36. The van der Waals surface area contributed by atoms with Crippen LogP contribution in [-0.4, -0.2) is 34.3 Å². The molecule has 0 unspecified atom stereocenters. The van der Waals surface area contributed by atoms with Crippen molar-refractivity contribution in [3.8, 4) is 0 Å². The predicted octanol–water partition coefficient (Wildman–Crippen LogP) is 1.45. The van der Waals surface area contributed by atoms with Crippen LogP contribution < -0.4 is 5.32 Å². The molecule has 1 aliphatic heterocycles. The normalized spacial score (nSPS) is 26.4. The molecule has 0 radical (unpaired) electrons. The fourth-order valence-corrected chi connectivity index (χ4v) is 2.65. The summed E-state index contributed by atoms with van der Waals surface area (Å²) >= 11 is 0. The van der Waals surface area contributed by atoms with Crippen molar-refractivity contribution in [3.05, 3.63) is 0 Å². The number of hydrogen-bond donors (Lipinski definition) is 1. The summed E-state index contributed by atoms with van der Waals surface area (Å²) in [6.07, 6.45) is 3.90. The smallest absolute Gasteiger partial charge is 0.248 e. The molecule has 0 spiro atoms. The number of amides is 2. The maximum atomic E-state index is 12.7. The lowest BCUT2D eigenvalue weighted by molar-refractivity contribution is -0.141. The van der Waals surface area contributed by atoms with E-state index in [2.05, 4.69) is 12.2 Å². The van der Waals surface area contributed by atoms with E-state index in [1.165, 1.54) is 0 Å². The topological polar surface area (TPSA) is 49.4 Å². The Kier molecular flexibility index (Phi) is 2.92. The minimum Gasteiger partial charge on any atom is -0.342 e. The highest BCUT2D eigenvalue weighted by atomic mass is 16.2. The second kappa shape index (κ2) is 4.00. The maximum absolute atomic E-state index is 12.7. The van der Waals surface area contributed by atoms with Crippen LogP contribution in [0.2, 0.25) is 0 Å². The molecule has 96 valence electrons. The lowest BCUT2D eigenvalue weighted by Crippen LogP contribution is -2.58. The highest BCUT2D eigenvalue weighted by molar-refractivity contribution is 5.94. The number of nitrogens with zero attached hydrogens (tertiary/aromatic N) is 1. The average Bonchev–Trinajstić information content (AvgIpc) is 3.05. The van der Waals surface area contributed by atoms with Crippen LogP contribution in [0.25, 0.3) is 0 Å². The number of hydrogen-bond acceptors (Lipinski definition) is 2. The number of carbonyl (C=O) groups is 2. The standard InChI is InChI=1S/C13H22N2O2/c1-4-13(5-2)11(17)15(12(3)7-8-12)9-6-10(16)14-13/h4-9H2,1-3H3,(H,14,16). The van der Waals surface area contributed by atoms with Gasteiger partial charge >= 0.3 is 0 Å². The lowest BCUT2D eigenvalue weighted by atomic mass is 9.90. The van der Waals surface area contributed by atoms with E-state index in [4.69, 9.17) is 0 Å². The molecule has 1 heterocycles. The van der Waals surface area contributed by atoms with E-state index in [-0.39, 0.29) is 17.4 Å². The van der Waals surface area contributed by atoms with Gasteiger partial charge in [-0.05, 0) is 32.6 Å². The highest BCUT2D eigenvalue weighted by Crippen LogP contribution is 2.43. The summed E-state index contributed by atoms with van der Waals surface area (Å²) < 4.78 is 0. The van der Waals surface area contributed by atoms with Crippen molar-refractivity contribution >= 4 is 11.8 Å². The quantitative estimate of drug-likeness (QED) is 0.809. The first-order valence-electron chi connectivity index (χ1n) is 6.60. The highest BCUT2D eigenvalue weighted by Gasteiger charge is 2.52. The predicted molar refractivity (Wildman–Crippen MR) is 65.4 cm³/mol. The Labute approximate surface area is 103 Å². The summed E-state index contributed by atoms with van der Waals surface area (Å²) in [4.78, 5) is 26.4. The molecule has 0 aromatic rings. The van der Waals surface area contributed by atoms with Crippen molar-refractivity contribution in [2.24, 2.45) is 0 Å². The molecule has 1 N–H and O–H groups in total. The third kappa shape index (κ3) is 1.94. The zero-order valence-corrected chi connectivity index (χ0v) is 11.0. The molecule has 17 heavy (non-hydrogen) atoms. The Hall–Kier alpha value is -1.06. The van der Waals surface area contributed by atoms with Crippen LogP contribution in [0.15, 0.2) is 0 Å². The second-order valence-electron chi connectivity index (χ2n) is 5.54. The molecule has 2 fully saturated rings. The molecule has 1 saturated carbocycles. The van der Waals surface area contributed by atoms with Crippen LogP contribution >= 0.6 is 0 Å². The molecule has 2 aliphatic rings. The summed E-state index contributed by atoms with van der Waals surface area (Å²) in [5.41, 5.74) is -0.655. The third-order valence-corrected chi connectivity index (χ3v) is 4.43. The van der Waals surface area contributed by atoms with Crippen molar-refractivity contribution in [2.45, 2.75) is 64.0 Å². The molecule has 2 amide bonds. The molecule has 4 heteroatoms. The van der Waals surface area contributed by atoms with E-state index in [1.807, 2.05) is 18.7 Å². The maximum Gasteiger partial charge on any atom is 0.248 e. The first kappa shape index (κ1) is 12.4. The Morgan fingerprint density at radius 1 is 1.24 bits per heavy atom. The van der Waals surface area contributed by atoms with E-state index in [1.54, 1.807) is 0 Å². The Morgan fingerprint density at radius 2 is 1.82 bits per heavy atom. The van der Waals surface area contributed by atoms with Crippen LogP contribution in [0.3, 0.4) is 0 Å². The van der Waals surface area contributed by atoms with Crippen LogP contribution in [0.4, 0.5) is 0 Å². The summed E-state index contributed by atoms with van der Waals surface area (Å²) in [5, 5.41) is 2.94. The first-order chi connectivity index (χ1) is 7.97. The third-order valence-electron chi connectivity index (χ3n) is 4.43. The largest absolute Gasteiger partial charge is 0.342 e. The monoisotopic (exact) mass is 238 g/mol. The van der Waals surface area contributed by atoms with Gasteiger partial charge in [-0.2, -0.15) is 0 Å². The van der Waals surface area contributed by atoms with E-state index in [0.29, 0.717) is 25.8 Å². The van der Waals surface area contributed by atoms with Crippen LogP contribution in [-0.2, 0) is 9.59 Å². The second-order valence-corrected chi connectivity index (χ2v) is 5.54. The molecule has 0 aromatic carbocycles. The van der Waals surface area contributed by atoms with E-state index < -0.39 is 5.54 Å². The Morgan fingerprint density at radius 3 is 2.29 bits per heavy atom. The summed E-state index contributed by atoms with van der Waals surface area (Å²) in [5.74, 6) is 0.127. The Bertz CT molecular complexity index is 343. The van der Waals surface area contributed by atoms with Gasteiger partial charge in [0.15, 0.2) is 0 Å². The van der Waals surface area contributed by atoms with Gasteiger partial charge < -0.3 is 10.2 Å². The molecule has 2 rings (SSSR count). The van der Waals surface area contributed by atoms with Crippen molar-refractivity contribution in [3.63, 3.8) is 0 Å². The van der Waals surface area contributed by atoms with Gasteiger partial charge in [-0.15, -0.1) is 0 Å². The molecular formula is C13H22N2O2. The molecule has 0 atom stereocenters. The number of carbonyl (C=O) groups excluding carboxylic acids is 2. The summed E-state index contributed by atoms with van der Waals surface area (Å²) in [7, 11) is 0. The number of nitrogens with one attached hydrogen (secondary N) is 1. The van der Waals surface area contributed by atoms with E-state index in [0.717, 1.165) is 12.8 Å². The molecule has 1 aliphatic carbocycles. The Balaban J connectivity index is 2.31. The van der Waals surface area contributed by atoms with E-state index >= 15 is 0 Å². The van der Waals surface area contributed by atoms with Gasteiger partial charge in [0, 0.05) is 18.5 Å². The fraction of sp³-hybridized carbons (Fsp3) is 0.846. The van der Waals surface area contributed by atoms with Gasteiger partial charge in [0.25, 0.3) is 0 Å². The molecule has 0 bridgehead atoms. The summed E-state index contributed by atoms with van der Waals surface area (Å²) in [6.45, 7) is 6.64. The molecular weight excluding hydrogens is 216 g/mol. The molecule has 0 aromatic heterocycles. The fourth-order valence-electron chi connectivity index (χ4n) is 2.65. The van der Waals surface area contributed by atoms with Crippen LogP contribution in [0, 0.1) is 0 Å². The van der Waals surface area contributed by atoms with Gasteiger partial charge in [0.1, 0.15) is 5.54 Å². The number of rotatable bonds is 3. The van der Waals surface area contributed by atoms with Crippen molar-refractivity contribution in [2.75, 3.05) is 6.54 Å². The zero-order valence-electron chi connectivity index (χ0n) is 11.0. The van der Waals surface area contributed by atoms with Gasteiger partial charge in [-0.3, -0.25) is 9.59 Å². The summed E-state index contributed by atoms with van der Waals surface area (Å²) in [6, 6.07) is 0. The van der Waals surface area contributed by atoms with Gasteiger partial charge in [0.2, 0.25) is 11.8 Å². The van der Waals surface area contributed by atoms with Gasteiger partial charge in [0.05, 0.1) is 0 Å². The minimum atomic E-state index is -0.667. The van der Waals surface area contributed by atoms with Crippen LogP contribution in [0.5, 0.6) is 0 Å². The first-order valence-corrected chi connectivity index (χ1v) is 6.60. The molecule has 1 saturated heterocycles. The SMILES string of the molecule is CCC1(CC)NC(=O)CCN(C2(C)CC2)C1=O. The van der Waals surface area contributed by atoms with E-state index in [9.17, 15) is 9.59 Å².